The van der Waals surface area contributed by atoms with Crippen LogP contribution in [0.1, 0.15) is 63.5 Å². The first kappa shape index (κ1) is 29.5. The van der Waals surface area contributed by atoms with Crippen LogP contribution < -0.4 is 20.3 Å². The quantitative estimate of drug-likeness (QED) is 0.145. The second kappa shape index (κ2) is 16.9. The Morgan fingerprint density at radius 2 is 1.17 bits per heavy atom. The third-order valence-electron chi connectivity index (χ3n) is 4.89. The molecule has 0 radical (unpaired) electrons. The summed E-state index contributed by atoms with van der Waals surface area (Å²) in [4.78, 5) is 24.0. The minimum Gasteiger partial charge on any atom is -0.493 e. The summed E-state index contributed by atoms with van der Waals surface area (Å²) < 4.78 is 12.9. The SMILES string of the molecule is CCOc1ccc(Br)cc1/C=N\NC(=O)CCCCCCC(=O)N/N=C\c1cc(Br)ccc1OCC. The van der Waals surface area contributed by atoms with E-state index < -0.39 is 0 Å². The molecule has 0 aliphatic rings. The van der Waals surface area contributed by atoms with E-state index in [1.807, 2.05) is 50.2 Å². The molecule has 2 aromatic rings. The number of hydrazone groups is 2. The predicted molar refractivity (Wildman–Crippen MR) is 150 cm³/mol. The highest BCUT2D eigenvalue weighted by molar-refractivity contribution is 9.10. The highest BCUT2D eigenvalue weighted by atomic mass is 79.9. The minimum atomic E-state index is -0.148. The monoisotopic (exact) mass is 622 g/mol. The molecule has 194 valence electrons. The second-order valence-electron chi connectivity index (χ2n) is 7.73. The third-order valence-corrected chi connectivity index (χ3v) is 5.87. The molecule has 2 N–H and O–H groups in total. The molecule has 0 spiro atoms. The first-order valence-electron chi connectivity index (χ1n) is 11.9. The highest BCUT2D eigenvalue weighted by Gasteiger charge is 2.05. The number of ether oxygens (including phenoxy) is 2. The van der Waals surface area contributed by atoms with Crippen molar-refractivity contribution >= 4 is 56.1 Å². The van der Waals surface area contributed by atoms with Gasteiger partial charge in [0, 0.05) is 32.9 Å². The van der Waals surface area contributed by atoms with Gasteiger partial charge in [-0.1, -0.05) is 44.7 Å². The molecule has 0 aliphatic carbocycles. The number of hydrogen-bond acceptors (Lipinski definition) is 6. The van der Waals surface area contributed by atoms with Crippen molar-refractivity contribution in [2.24, 2.45) is 10.2 Å². The summed E-state index contributed by atoms with van der Waals surface area (Å²) in [6, 6.07) is 11.2. The zero-order chi connectivity index (χ0) is 26.2. The van der Waals surface area contributed by atoms with Crippen molar-refractivity contribution < 1.29 is 19.1 Å². The fourth-order valence-corrected chi connectivity index (χ4v) is 3.96. The molecule has 2 rings (SSSR count). The predicted octanol–water partition coefficient (Wildman–Crippen LogP) is 5.95. The Hall–Kier alpha value is -2.72. The second-order valence-corrected chi connectivity index (χ2v) is 9.56. The Kier molecular flexibility index (Phi) is 13.8. The average molecular weight is 624 g/mol. The molecule has 0 aliphatic heterocycles. The maximum Gasteiger partial charge on any atom is 0.240 e. The molecule has 0 heterocycles. The van der Waals surface area contributed by atoms with Gasteiger partial charge in [-0.05, 0) is 63.1 Å². The number of halogens is 2. The van der Waals surface area contributed by atoms with E-state index in [-0.39, 0.29) is 11.8 Å². The molecule has 2 aromatic carbocycles. The zero-order valence-electron chi connectivity index (χ0n) is 20.6. The van der Waals surface area contributed by atoms with E-state index in [2.05, 4.69) is 52.9 Å². The highest BCUT2D eigenvalue weighted by Crippen LogP contribution is 2.22. The summed E-state index contributed by atoms with van der Waals surface area (Å²) in [5.74, 6) is 1.11. The molecule has 0 fully saturated rings. The fourth-order valence-electron chi connectivity index (χ4n) is 3.20. The van der Waals surface area contributed by atoms with Gasteiger partial charge in [0.2, 0.25) is 11.8 Å². The Morgan fingerprint density at radius 3 is 1.56 bits per heavy atom. The van der Waals surface area contributed by atoms with Crippen LogP contribution in [0, 0.1) is 0 Å². The van der Waals surface area contributed by atoms with Crippen LogP contribution in [0.5, 0.6) is 11.5 Å². The standard InChI is InChI=1S/C26H32Br2N4O4/c1-3-35-23-13-11-21(27)15-19(23)17-29-31-25(33)9-7-5-6-8-10-26(34)32-30-18-20-16-22(28)12-14-24(20)36-4-2/h11-18H,3-10H2,1-2H3,(H,31,33)(H,32,34)/b29-17-,30-18-. The van der Waals surface area contributed by atoms with Gasteiger partial charge in [-0.3, -0.25) is 9.59 Å². The number of nitrogens with zero attached hydrogens (tertiary/aromatic N) is 2. The van der Waals surface area contributed by atoms with Gasteiger partial charge < -0.3 is 9.47 Å². The van der Waals surface area contributed by atoms with E-state index in [9.17, 15) is 9.59 Å². The van der Waals surface area contributed by atoms with Crippen molar-refractivity contribution in [1.82, 2.24) is 10.9 Å². The first-order valence-corrected chi connectivity index (χ1v) is 13.5. The number of unbranched alkanes of at least 4 members (excludes halogenated alkanes) is 3. The Balaban J connectivity index is 1.61. The summed E-state index contributed by atoms with van der Waals surface area (Å²) in [5.41, 5.74) is 6.65. The number of carbonyl (C=O) groups is 2. The minimum absolute atomic E-state index is 0.148. The Morgan fingerprint density at radius 1 is 0.750 bits per heavy atom. The fraction of sp³-hybridized carbons (Fsp3) is 0.385. The van der Waals surface area contributed by atoms with Gasteiger partial charge in [0.05, 0.1) is 25.6 Å². The lowest BCUT2D eigenvalue weighted by atomic mass is 10.1. The van der Waals surface area contributed by atoms with Crippen molar-refractivity contribution in [2.45, 2.75) is 52.4 Å². The summed E-state index contributed by atoms with van der Waals surface area (Å²) >= 11 is 6.84. The molecule has 10 heteroatoms. The number of benzene rings is 2. The van der Waals surface area contributed by atoms with Crippen LogP contribution in [0.2, 0.25) is 0 Å². The van der Waals surface area contributed by atoms with Gasteiger partial charge in [0.15, 0.2) is 0 Å². The maximum atomic E-state index is 12.0. The average Bonchev–Trinajstić information content (AvgIpc) is 2.84. The van der Waals surface area contributed by atoms with Gasteiger partial charge in [-0.2, -0.15) is 10.2 Å². The summed E-state index contributed by atoms with van der Waals surface area (Å²) in [7, 11) is 0. The van der Waals surface area contributed by atoms with E-state index in [0.717, 1.165) is 45.8 Å². The van der Waals surface area contributed by atoms with Crippen molar-refractivity contribution in [3.05, 3.63) is 56.5 Å². The molecule has 0 saturated heterocycles. The third kappa shape index (κ3) is 11.3. The molecule has 0 aromatic heterocycles. The van der Waals surface area contributed by atoms with Gasteiger partial charge in [-0.25, -0.2) is 10.9 Å². The molecule has 2 amide bonds. The van der Waals surface area contributed by atoms with Crippen molar-refractivity contribution in [1.29, 1.82) is 0 Å². The molecular formula is C26H32Br2N4O4. The smallest absolute Gasteiger partial charge is 0.240 e. The lowest BCUT2D eigenvalue weighted by Gasteiger charge is -2.07. The van der Waals surface area contributed by atoms with E-state index in [1.165, 1.54) is 0 Å². The number of carbonyl (C=O) groups excluding carboxylic acids is 2. The number of rotatable bonds is 15. The lowest BCUT2D eigenvalue weighted by Crippen LogP contribution is -2.17. The van der Waals surface area contributed by atoms with Crippen molar-refractivity contribution in [2.75, 3.05) is 13.2 Å². The topological polar surface area (TPSA) is 101 Å². The van der Waals surface area contributed by atoms with Crippen LogP contribution in [0.25, 0.3) is 0 Å². The van der Waals surface area contributed by atoms with Crippen LogP contribution in [-0.2, 0) is 9.59 Å². The van der Waals surface area contributed by atoms with E-state index in [0.29, 0.717) is 37.6 Å². The molecule has 0 unspecified atom stereocenters. The van der Waals surface area contributed by atoms with E-state index >= 15 is 0 Å². The Bertz CT molecular complexity index is 977. The number of hydrogen-bond donors (Lipinski definition) is 2. The van der Waals surface area contributed by atoms with Crippen LogP contribution in [0.4, 0.5) is 0 Å². The lowest BCUT2D eigenvalue weighted by molar-refractivity contribution is -0.122. The largest absolute Gasteiger partial charge is 0.493 e. The zero-order valence-corrected chi connectivity index (χ0v) is 23.7. The number of nitrogens with one attached hydrogen (secondary N) is 2. The van der Waals surface area contributed by atoms with Crippen LogP contribution in [0.15, 0.2) is 55.5 Å². The maximum absolute atomic E-state index is 12.0. The summed E-state index contributed by atoms with van der Waals surface area (Å²) in [6.45, 7) is 4.92. The summed E-state index contributed by atoms with van der Waals surface area (Å²) in [6.07, 6.45) is 7.05. The first-order chi connectivity index (χ1) is 17.4. The molecule has 0 bridgehead atoms. The van der Waals surface area contributed by atoms with Gasteiger partial charge in [-0.15, -0.1) is 0 Å². The molecule has 0 saturated carbocycles. The van der Waals surface area contributed by atoms with E-state index in [4.69, 9.17) is 9.47 Å². The van der Waals surface area contributed by atoms with Crippen LogP contribution in [0.3, 0.4) is 0 Å². The van der Waals surface area contributed by atoms with Crippen molar-refractivity contribution in [3.8, 4) is 11.5 Å². The van der Waals surface area contributed by atoms with Crippen LogP contribution in [-0.4, -0.2) is 37.5 Å². The van der Waals surface area contributed by atoms with E-state index in [1.54, 1.807) is 12.4 Å². The van der Waals surface area contributed by atoms with Crippen LogP contribution >= 0.6 is 31.9 Å². The molecule has 0 atom stereocenters. The number of amides is 2. The normalized spacial score (nSPS) is 11.1. The molecule has 8 nitrogen and oxygen atoms in total. The van der Waals surface area contributed by atoms with Gasteiger partial charge >= 0.3 is 0 Å². The van der Waals surface area contributed by atoms with Crippen molar-refractivity contribution in [3.63, 3.8) is 0 Å². The molecular weight excluding hydrogens is 592 g/mol. The Labute approximate surface area is 229 Å². The summed E-state index contributed by atoms with van der Waals surface area (Å²) in [5, 5.41) is 8.07. The molecule has 36 heavy (non-hydrogen) atoms. The van der Waals surface area contributed by atoms with Gasteiger partial charge in [0.25, 0.3) is 0 Å². The van der Waals surface area contributed by atoms with Gasteiger partial charge in [0.1, 0.15) is 11.5 Å².